The molecule has 0 unspecified atom stereocenters. The summed E-state index contributed by atoms with van der Waals surface area (Å²) in [5.74, 6) is 0.170. The number of aromatic nitrogens is 4. The number of aromatic amines is 1. The molecule has 6 nitrogen and oxygen atoms in total. The molecule has 0 atom stereocenters. The summed E-state index contributed by atoms with van der Waals surface area (Å²) >= 11 is 2.97. The predicted molar refractivity (Wildman–Crippen MR) is 95.5 cm³/mol. The molecule has 0 radical (unpaired) electrons. The van der Waals surface area contributed by atoms with Crippen LogP contribution >= 0.6 is 23.5 Å². The molecule has 0 aliphatic heterocycles. The van der Waals surface area contributed by atoms with Crippen molar-refractivity contribution in [3.05, 3.63) is 54.6 Å². The van der Waals surface area contributed by atoms with Crippen LogP contribution in [-0.4, -0.2) is 33.4 Å². The Balaban J connectivity index is 1.62. The van der Waals surface area contributed by atoms with Crippen LogP contribution < -0.4 is 10.00 Å². The van der Waals surface area contributed by atoms with Crippen molar-refractivity contribution in [3.63, 3.8) is 0 Å². The Morgan fingerprint density at radius 1 is 1.21 bits per heavy atom. The summed E-state index contributed by atoms with van der Waals surface area (Å²) in [6, 6.07) is 17.5. The van der Waals surface area contributed by atoms with Crippen molar-refractivity contribution in [2.75, 3.05) is 17.3 Å². The SMILES string of the molecule is CSc1cccc(NC(=O)CSc2nn[nH][n+]2-c2ccccc2)c1. The van der Waals surface area contributed by atoms with Gasteiger partial charge in [-0.05, 0) is 48.3 Å². The number of tetrazole rings is 1. The number of carbonyl (C=O) groups excluding carboxylic acids is 1. The van der Waals surface area contributed by atoms with Gasteiger partial charge in [0.2, 0.25) is 5.91 Å². The van der Waals surface area contributed by atoms with E-state index in [0.29, 0.717) is 5.16 Å². The zero-order chi connectivity index (χ0) is 16.8. The lowest BCUT2D eigenvalue weighted by atomic mass is 10.3. The van der Waals surface area contributed by atoms with E-state index >= 15 is 0 Å². The zero-order valence-corrected chi connectivity index (χ0v) is 14.6. The van der Waals surface area contributed by atoms with Gasteiger partial charge in [-0.2, -0.15) is 0 Å². The number of hydrogen-bond donors (Lipinski definition) is 2. The van der Waals surface area contributed by atoms with E-state index in [1.165, 1.54) is 11.8 Å². The molecular weight excluding hydrogens is 342 g/mol. The van der Waals surface area contributed by atoms with Gasteiger partial charge in [-0.25, -0.2) is 0 Å². The maximum Gasteiger partial charge on any atom is 0.365 e. The first kappa shape index (κ1) is 16.5. The molecule has 8 heteroatoms. The highest BCUT2D eigenvalue weighted by Crippen LogP contribution is 2.19. The maximum atomic E-state index is 12.1. The number of carbonyl (C=O) groups is 1. The molecule has 2 N–H and O–H groups in total. The average molecular weight is 358 g/mol. The van der Waals surface area contributed by atoms with Crippen molar-refractivity contribution in [1.29, 1.82) is 0 Å². The number of amides is 1. The van der Waals surface area contributed by atoms with Crippen LogP contribution in [0, 0.1) is 0 Å². The molecule has 0 bridgehead atoms. The highest BCUT2D eigenvalue weighted by Gasteiger charge is 2.18. The number of hydrogen-bond acceptors (Lipinski definition) is 5. The monoisotopic (exact) mass is 358 g/mol. The number of anilines is 1. The average Bonchev–Trinajstić information content (AvgIpc) is 3.09. The third-order valence-electron chi connectivity index (χ3n) is 3.17. The summed E-state index contributed by atoms with van der Waals surface area (Å²) in [5.41, 5.74) is 1.71. The van der Waals surface area contributed by atoms with E-state index < -0.39 is 0 Å². The molecule has 0 saturated carbocycles. The standard InChI is InChI=1S/C16H15N5OS2/c1-23-14-9-5-6-12(10-14)17-15(22)11-24-16-18-19-20-21(16)13-7-3-2-4-8-13/h2-10H,11H2,1H3,(H,17,22)/p+1. The summed E-state index contributed by atoms with van der Waals surface area (Å²) in [4.78, 5) is 13.3. The Labute approximate surface area is 148 Å². The van der Waals surface area contributed by atoms with Gasteiger partial charge in [0.15, 0.2) is 5.21 Å². The number of nitrogens with one attached hydrogen (secondary N) is 2. The van der Waals surface area contributed by atoms with Gasteiger partial charge in [0.05, 0.1) is 5.75 Å². The van der Waals surface area contributed by atoms with Crippen LogP contribution in [0.15, 0.2) is 64.6 Å². The number of H-pyrrole nitrogens is 1. The summed E-state index contributed by atoms with van der Waals surface area (Å²) in [6.45, 7) is 0. The quantitative estimate of drug-likeness (QED) is 0.523. The van der Waals surface area contributed by atoms with Gasteiger partial charge in [0, 0.05) is 10.6 Å². The van der Waals surface area contributed by atoms with Crippen LogP contribution in [-0.2, 0) is 4.79 Å². The predicted octanol–water partition coefficient (Wildman–Crippen LogP) is 2.53. The van der Waals surface area contributed by atoms with E-state index in [9.17, 15) is 4.79 Å². The number of nitrogens with zero attached hydrogens (tertiary/aromatic N) is 3. The lowest BCUT2D eigenvalue weighted by Gasteiger charge is -2.05. The van der Waals surface area contributed by atoms with Gasteiger partial charge in [-0.1, -0.05) is 29.5 Å². The van der Waals surface area contributed by atoms with E-state index in [4.69, 9.17) is 0 Å². The fourth-order valence-corrected chi connectivity index (χ4v) is 3.23. The molecule has 0 fully saturated rings. The highest BCUT2D eigenvalue weighted by atomic mass is 32.2. The minimum Gasteiger partial charge on any atom is -0.325 e. The van der Waals surface area contributed by atoms with E-state index in [0.717, 1.165) is 16.3 Å². The van der Waals surface area contributed by atoms with Crippen LogP contribution in [0.2, 0.25) is 0 Å². The summed E-state index contributed by atoms with van der Waals surface area (Å²) in [5, 5.41) is 14.2. The minimum atomic E-state index is -0.0825. The van der Waals surface area contributed by atoms with Crippen molar-refractivity contribution in [3.8, 4) is 5.69 Å². The van der Waals surface area contributed by atoms with Gasteiger partial charge in [0.1, 0.15) is 10.8 Å². The maximum absolute atomic E-state index is 12.1. The normalized spacial score (nSPS) is 10.5. The number of rotatable bonds is 6. The first-order valence-electron chi connectivity index (χ1n) is 7.21. The molecule has 3 aromatic rings. The molecule has 0 aliphatic rings. The largest absolute Gasteiger partial charge is 0.365 e. The van der Waals surface area contributed by atoms with Gasteiger partial charge in [-0.15, -0.1) is 16.4 Å². The number of para-hydroxylation sites is 1. The van der Waals surface area contributed by atoms with Crippen LogP contribution in [0.3, 0.4) is 0 Å². The van der Waals surface area contributed by atoms with E-state index in [2.05, 4.69) is 20.8 Å². The molecule has 3 rings (SSSR count). The minimum absolute atomic E-state index is 0.0825. The summed E-state index contributed by atoms with van der Waals surface area (Å²) < 4.78 is 1.74. The van der Waals surface area contributed by atoms with Gasteiger partial charge < -0.3 is 5.32 Å². The Morgan fingerprint density at radius 2 is 2.04 bits per heavy atom. The van der Waals surface area contributed by atoms with Crippen LogP contribution in [0.5, 0.6) is 0 Å². The van der Waals surface area contributed by atoms with E-state index in [-0.39, 0.29) is 11.7 Å². The number of benzene rings is 2. The molecular formula is C16H16N5OS2+. The lowest BCUT2D eigenvalue weighted by Crippen LogP contribution is -2.35. The van der Waals surface area contributed by atoms with Gasteiger partial charge in [0.25, 0.3) is 0 Å². The topological polar surface area (TPSA) is 74.5 Å². The molecule has 122 valence electrons. The molecule has 1 heterocycles. The smallest absolute Gasteiger partial charge is 0.325 e. The van der Waals surface area contributed by atoms with Crippen LogP contribution in [0.1, 0.15) is 0 Å². The first-order valence-corrected chi connectivity index (χ1v) is 9.42. The van der Waals surface area contributed by atoms with Gasteiger partial charge in [-0.3, -0.25) is 4.79 Å². The van der Waals surface area contributed by atoms with E-state index in [1.54, 1.807) is 16.4 Å². The van der Waals surface area contributed by atoms with Gasteiger partial charge >= 0.3 is 5.16 Å². The molecule has 0 spiro atoms. The highest BCUT2D eigenvalue weighted by molar-refractivity contribution is 7.99. The molecule has 1 amide bonds. The molecule has 0 aliphatic carbocycles. The fraction of sp³-hybridized carbons (Fsp3) is 0.125. The summed E-state index contributed by atoms with van der Waals surface area (Å²) in [7, 11) is 0. The fourth-order valence-electron chi connectivity index (χ4n) is 2.06. The van der Waals surface area contributed by atoms with Crippen LogP contribution in [0.25, 0.3) is 5.69 Å². The Bertz CT molecular complexity index is 822. The van der Waals surface area contributed by atoms with Crippen molar-refractivity contribution in [2.24, 2.45) is 0 Å². The third kappa shape index (κ3) is 4.15. The van der Waals surface area contributed by atoms with Crippen molar-refractivity contribution in [2.45, 2.75) is 10.1 Å². The van der Waals surface area contributed by atoms with E-state index in [1.807, 2.05) is 60.9 Å². The zero-order valence-electron chi connectivity index (χ0n) is 13.0. The lowest BCUT2D eigenvalue weighted by molar-refractivity contribution is -0.697. The van der Waals surface area contributed by atoms with Crippen molar-refractivity contribution in [1.82, 2.24) is 15.5 Å². The molecule has 2 aromatic carbocycles. The Kier molecular flexibility index (Phi) is 5.50. The Hall–Kier alpha value is -2.32. The number of thioether (sulfide) groups is 2. The second-order valence-corrected chi connectivity index (χ2v) is 6.64. The molecule has 1 aromatic heterocycles. The second-order valence-electron chi connectivity index (χ2n) is 4.82. The van der Waals surface area contributed by atoms with Crippen molar-refractivity contribution < 1.29 is 9.48 Å². The van der Waals surface area contributed by atoms with Crippen molar-refractivity contribution >= 4 is 35.1 Å². The van der Waals surface area contributed by atoms with Crippen LogP contribution in [0.4, 0.5) is 5.69 Å². The third-order valence-corrected chi connectivity index (χ3v) is 4.83. The second kappa shape index (κ2) is 7.98. The Morgan fingerprint density at radius 3 is 2.83 bits per heavy atom. The first-order chi connectivity index (χ1) is 11.8. The molecule has 24 heavy (non-hydrogen) atoms. The summed E-state index contributed by atoms with van der Waals surface area (Å²) in [6.07, 6.45) is 2.00. The molecule has 0 saturated heterocycles.